The molecule has 124 valence electrons. The molecule has 0 saturated carbocycles. The van der Waals surface area contributed by atoms with Crippen molar-refractivity contribution in [2.24, 2.45) is 5.92 Å². The number of aromatic nitrogens is 1. The number of rotatable bonds is 6. The van der Waals surface area contributed by atoms with Crippen LogP contribution in [-0.2, 0) is 6.42 Å². The first kappa shape index (κ1) is 16.8. The number of likely N-dealkylation sites (tertiary alicyclic amines) is 1. The van der Waals surface area contributed by atoms with Gasteiger partial charge in [-0.05, 0) is 53.1 Å². The second kappa shape index (κ2) is 7.63. The average Bonchev–Trinajstić information content (AvgIpc) is 3.03. The molecule has 0 spiro atoms. The van der Waals surface area contributed by atoms with Crippen LogP contribution in [0.1, 0.15) is 29.9 Å². The quantitative estimate of drug-likeness (QED) is 0.814. The van der Waals surface area contributed by atoms with Gasteiger partial charge in [-0.15, -0.1) is 0 Å². The molecule has 1 aromatic rings. The largest absolute Gasteiger partial charge is 0.361 e. The maximum atomic E-state index is 12.1. The topological polar surface area (TPSA) is 61.6 Å². The molecule has 1 aliphatic rings. The van der Waals surface area contributed by atoms with E-state index in [4.69, 9.17) is 4.52 Å². The first-order chi connectivity index (χ1) is 10.5. The molecule has 0 aliphatic carbocycles. The van der Waals surface area contributed by atoms with E-state index < -0.39 is 0 Å². The summed E-state index contributed by atoms with van der Waals surface area (Å²) >= 11 is 0. The Hall–Kier alpha value is -1.56. The molecule has 0 bridgehead atoms. The Kier molecular flexibility index (Phi) is 5.83. The van der Waals surface area contributed by atoms with E-state index in [-0.39, 0.29) is 6.03 Å². The smallest absolute Gasteiger partial charge is 0.317 e. The van der Waals surface area contributed by atoms with Crippen LogP contribution in [0.25, 0.3) is 0 Å². The molecule has 2 heterocycles. The number of hydrogen-bond acceptors (Lipinski definition) is 4. The number of urea groups is 1. The number of amides is 2. The lowest BCUT2D eigenvalue weighted by molar-refractivity contribution is 0.205. The normalized spacial score (nSPS) is 18.2. The summed E-state index contributed by atoms with van der Waals surface area (Å²) in [7, 11) is 4.16. The van der Waals surface area contributed by atoms with E-state index in [0.29, 0.717) is 12.5 Å². The molecule has 1 N–H and O–H groups in total. The summed E-state index contributed by atoms with van der Waals surface area (Å²) in [5, 5.41) is 6.97. The lowest BCUT2D eigenvalue weighted by Crippen LogP contribution is -2.39. The van der Waals surface area contributed by atoms with Gasteiger partial charge in [0, 0.05) is 31.7 Å². The molecule has 1 atom stereocenters. The molecular formula is C16H28N4O2. The summed E-state index contributed by atoms with van der Waals surface area (Å²) < 4.78 is 5.15. The van der Waals surface area contributed by atoms with Crippen LogP contribution in [0, 0.1) is 19.8 Å². The molecule has 6 heteroatoms. The van der Waals surface area contributed by atoms with Crippen LogP contribution in [0.15, 0.2) is 4.52 Å². The highest BCUT2D eigenvalue weighted by Crippen LogP contribution is 2.17. The zero-order valence-electron chi connectivity index (χ0n) is 14.2. The maximum absolute atomic E-state index is 12.1. The molecule has 2 amide bonds. The fraction of sp³-hybridized carbons (Fsp3) is 0.750. The maximum Gasteiger partial charge on any atom is 0.317 e. The third-order valence-electron chi connectivity index (χ3n) is 4.26. The van der Waals surface area contributed by atoms with Crippen molar-refractivity contribution in [1.29, 1.82) is 0 Å². The van der Waals surface area contributed by atoms with Crippen molar-refractivity contribution < 1.29 is 9.32 Å². The van der Waals surface area contributed by atoms with Gasteiger partial charge in [-0.1, -0.05) is 5.16 Å². The van der Waals surface area contributed by atoms with E-state index in [1.54, 1.807) is 0 Å². The van der Waals surface area contributed by atoms with E-state index >= 15 is 0 Å². The highest BCUT2D eigenvalue weighted by Gasteiger charge is 2.26. The van der Waals surface area contributed by atoms with E-state index in [9.17, 15) is 4.79 Å². The number of aryl methyl sites for hydroxylation is 2. The van der Waals surface area contributed by atoms with E-state index in [0.717, 1.165) is 50.4 Å². The first-order valence-corrected chi connectivity index (χ1v) is 8.06. The standard InChI is InChI=1S/C16H28N4O2/c1-12-15(13(2)22-18-12)6-5-8-17-16(21)20-9-7-14(11-20)10-19(3)4/h14H,5-11H2,1-4H3,(H,17,21)/t14-/m1/s1. The molecule has 22 heavy (non-hydrogen) atoms. The Labute approximate surface area is 132 Å². The second-order valence-corrected chi connectivity index (χ2v) is 6.50. The van der Waals surface area contributed by atoms with Crippen LogP contribution >= 0.6 is 0 Å². The number of carbonyl (C=O) groups is 1. The van der Waals surface area contributed by atoms with Gasteiger partial charge in [0.2, 0.25) is 0 Å². The predicted molar refractivity (Wildman–Crippen MR) is 85.9 cm³/mol. The predicted octanol–water partition coefficient (Wildman–Crippen LogP) is 1.82. The first-order valence-electron chi connectivity index (χ1n) is 8.06. The van der Waals surface area contributed by atoms with Gasteiger partial charge in [-0.2, -0.15) is 0 Å². The number of nitrogens with one attached hydrogen (secondary N) is 1. The molecule has 0 radical (unpaired) electrons. The highest BCUT2D eigenvalue weighted by molar-refractivity contribution is 5.74. The van der Waals surface area contributed by atoms with Crippen molar-refractivity contribution in [3.05, 3.63) is 17.0 Å². The number of nitrogens with zero attached hydrogens (tertiary/aromatic N) is 3. The van der Waals surface area contributed by atoms with Crippen molar-refractivity contribution in [2.45, 2.75) is 33.1 Å². The fourth-order valence-corrected chi connectivity index (χ4v) is 3.11. The van der Waals surface area contributed by atoms with E-state index in [1.807, 2.05) is 18.7 Å². The summed E-state index contributed by atoms with van der Waals surface area (Å²) in [5.74, 6) is 1.48. The number of hydrogen-bond donors (Lipinski definition) is 1. The van der Waals surface area contributed by atoms with Gasteiger partial charge < -0.3 is 19.6 Å². The Bertz CT molecular complexity index is 479. The Morgan fingerprint density at radius 1 is 1.45 bits per heavy atom. The minimum atomic E-state index is 0.0695. The molecule has 1 aromatic heterocycles. The SMILES string of the molecule is Cc1noc(C)c1CCCNC(=O)N1CC[C@H](CN(C)C)C1. The van der Waals surface area contributed by atoms with Gasteiger partial charge >= 0.3 is 6.03 Å². The monoisotopic (exact) mass is 308 g/mol. The van der Waals surface area contributed by atoms with Crippen LogP contribution in [0.3, 0.4) is 0 Å². The van der Waals surface area contributed by atoms with Crippen LogP contribution in [0.2, 0.25) is 0 Å². The molecule has 1 fully saturated rings. The molecule has 6 nitrogen and oxygen atoms in total. The lowest BCUT2D eigenvalue weighted by atomic mass is 10.1. The van der Waals surface area contributed by atoms with Crippen LogP contribution < -0.4 is 5.32 Å². The van der Waals surface area contributed by atoms with Crippen molar-refractivity contribution in [3.8, 4) is 0 Å². The van der Waals surface area contributed by atoms with Gasteiger partial charge in [0.1, 0.15) is 5.76 Å². The third-order valence-corrected chi connectivity index (χ3v) is 4.26. The average molecular weight is 308 g/mol. The minimum Gasteiger partial charge on any atom is -0.361 e. The van der Waals surface area contributed by atoms with E-state index in [2.05, 4.69) is 29.5 Å². The van der Waals surface area contributed by atoms with Gasteiger partial charge in [-0.3, -0.25) is 0 Å². The summed E-state index contributed by atoms with van der Waals surface area (Å²) in [5.41, 5.74) is 2.12. The summed E-state index contributed by atoms with van der Waals surface area (Å²) in [4.78, 5) is 16.3. The Balaban J connectivity index is 1.66. The minimum absolute atomic E-state index is 0.0695. The van der Waals surface area contributed by atoms with Gasteiger partial charge in [0.05, 0.1) is 5.69 Å². The van der Waals surface area contributed by atoms with Crippen LogP contribution in [0.4, 0.5) is 4.79 Å². The molecule has 1 aliphatic heterocycles. The molecular weight excluding hydrogens is 280 g/mol. The summed E-state index contributed by atoms with van der Waals surface area (Å²) in [6.07, 6.45) is 2.90. The van der Waals surface area contributed by atoms with Crippen molar-refractivity contribution in [1.82, 2.24) is 20.3 Å². The highest BCUT2D eigenvalue weighted by atomic mass is 16.5. The lowest BCUT2D eigenvalue weighted by Gasteiger charge is -2.19. The number of carbonyl (C=O) groups excluding carboxylic acids is 1. The Morgan fingerprint density at radius 2 is 2.23 bits per heavy atom. The van der Waals surface area contributed by atoms with Gasteiger partial charge in [-0.25, -0.2) is 4.79 Å². The van der Waals surface area contributed by atoms with Gasteiger partial charge in [0.25, 0.3) is 0 Å². The van der Waals surface area contributed by atoms with Crippen molar-refractivity contribution in [2.75, 3.05) is 40.3 Å². The van der Waals surface area contributed by atoms with Crippen LogP contribution in [-0.4, -0.2) is 61.3 Å². The third kappa shape index (κ3) is 4.47. The zero-order chi connectivity index (χ0) is 16.1. The summed E-state index contributed by atoms with van der Waals surface area (Å²) in [6.45, 7) is 7.37. The molecule has 1 saturated heterocycles. The molecule has 2 rings (SSSR count). The molecule has 0 unspecified atom stereocenters. The van der Waals surface area contributed by atoms with Crippen molar-refractivity contribution in [3.63, 3.8) is 0 Å². The Morgan fingerprint density at radius 3 is 2.86 bits per heavy atom. The second-order valence-electron chi connectivity index (χ2n) is 6.50. The van der Waals surface area contributed by atoms with E-state index in [1.165, 1.54) is 5.56 Å². The van der Waals surface area contributed by atoms with Crippen LogP contribution in [0.5, 0.6) is 0 Å². The summed E-state index contributed by atoms with van der Waals surface area (Å²) in [6, 6.07) is 0.0695. The van der Waals surface area contributed by atoms with Crippen molar-refractivity contribution >= 4 is 6.03 Å². The zero-order valence-corrected chi connectivity index (χ0v) is 14.2. The van der Waals surface area contributed by atoms with Gasteiger partial charge in [0.15, 0.2) is 0 Å². The fourth-order valence-electron chi connectivity index (χ4n) is 3.11. The molecule has 0 aromatic carbocycles.